The highest BCUT2D eigenvalue weighted by molar-refractivity contribution is 6.10. The zero-order valence-corrected chi connectivity index (χ0v) is 24.3. The Balaban J connectivity index is 1.83. The van der Waals surface area contributed by atoms with Crippen LogP contribution in [0.5, 0.6) is 34.5 Å². The molecule has 0 bridgehead atoms. The number of methoxy groups -OCH3 is 6. The average molecular weight is 584 g/mol. The minimum absolute atomic E-state index is 0.0727. The molecule has 0 saturated carbocycles. The van der Waals surface area contributed by atoms with Crippen LogP contribution in [-0.2, 0) is 4.74 Å². The number of benzene rings is 3. The molecule has 0 spiro atoms. The van der Waals surface area contributed by atoms with Crippen molar-refractivity contribution in [3.8, 4) is 34.5 Å². The van der Waals surface area contributed by atoms with Crippen LogP contribution in [-0.4, -0.2) is 67.2 Å². The van der Waals surface area contributed by atoms with Gasteiger partial charge in [0, 0.05) is 36.0 Å². The van der Waals surface area contributed by atoms with Crippen LogP contribution in [0.1, 0.15) is 27.6 Å². The molecule has 13 heteroatoms. The van der Waals surface area contributed by atoms with Crippen molar-refractivity contribution < 1.29 is 47.5 Å². The van der Waals surface area contributed by atoms with Gasteiger partial charge in [-0.25, -0.2) is 9.59 Å². The average Bonchev–Trinajstić information content (AvgIpc) is 2.99. The maximum Gasteiger partial charge on any atom is 0.340 e. The van der Waals surface area contributed by atoms with Crippen LogP contribution < -0.4 is 44.4 Å². The summed E-state index contributed by atoms with van der Waals surface area (Å²) in [5.41, 5.74) is 1.08. The summed E-state index contributed by atoms with van der Waals surface area (Å²) in [5.74, 6) is 0.621. The molecule has 0 aliphatic rings. The molecule has 0 radical (unpaired) electrons. The van der Waals surface area contributed by atoms with Crippen molar-refractivity contribution in [2.45, 2.75) is 6.92 Å². The van der Waals surface area contributed by atoms with E-state index in [1.165, 1.54) is 73.0 Å². The largest absolute Gasteiger partial charge is 0.496 e. The van der Waals surface area contributed by atoms with Gasteiger partial charge in [0.05, 0.1) is 71.8 Å². The first-order chi connectivity index (χ1) is 20.2. The van der Waals surface area contributed by atoms with E-state index in [1.54, 1.807) is 19.1 Å². The summed E-state index contributed by atoms with van der Waals surface area (Å²) in [5, 5.41) is 8.08. The van der Waals surface area contributed by atoms with E-state index in [-0.39, 0.29) is 34.9 Å². The third-order valence-electron chi connectivity index (χ3n) is 5.89. The van der Waals surface area contributed by atoms with Crippen LogP contribution >= 0.6 is 0 Å². The zero-order valence-electron chi connectivity index (χ0n) is 24.3. The maximum absolute atomic E-state index is 13.3. The van der Waals surface area contributed by atoms with Gasteiger partial charge in [0.15, 0.2) is 23.0 Å². The molecule has 0 aromatic heterocycles. The van der Waals surface area contributed by atoms with E-state index in [9.17, 15) is 14.4 Å². The molecule has 0 fully saturated rings. The van der Waals surface area contributed by atoms with Crippen LogP contribution in [0.25, 0.3) is 0 Å². The summed E-state index contributed by atoms with van der Waals surface area (Å²) < 4.78 is 37.1. The number of esters is 1. The molecule has 3 rings (SSSR count). The quantitative estimate of drug-likeness (QED) is 0.253. The Labute approximate surface area is 242 Å². The van der Waals surface area contributed by atoms with Gasteiger partial charge >= 0.3 is 12.0 Å². The van der Waals surface area contributed by atoms with E-state index in [0.717, 1.165) is 0 Å². The first-order valence-corrected chi connectivity index (χ1v) is 12.5. The number of nitrogens with one attached hydrogen (secondary N) is 3. The van der Waals surface area contributed by atoms with E-state index < -0.39 is 17.9 Å². The Morgan fingerprint density at radius 3 is 1.69 bits per heavy atom. The lowest BCUT2D eigenvalue weighted by Gasteiger charge is -2.16. The number of urea groups is 1. The molecule has 42 heavy (non-hydrogen) atoms. The van der Waals surface area contributed by atoms with Gasteiger partial charge in [-0.3, -0.25) is 4.79 Å². The second-order valence-corrected chi connectivity index (χ2v) is 8.34. The molecule has 0 unspecified atom stereocenters. The van der Waals surface area contributed by atoms with E-state index in [4.69, 9.17) is 33.2 Å². The predicted octanol–water partition coefficient (Wildman–Crippen LogP) is 4.81. The lowest BCUT2D eigenvalue weighted by atomic mass is 10.1. The normalized spacial score (nSPS) is 10.2. The van der Waals surface area contributed by atoms with Gasteiger partial charge in [0.2, 0.25) is 5.75 Å². The molecule has 0 aliphatic carbocycles. The number of hydrogen-bond donors (Lipinski definition) is 3. The molecule has 224 valence electrons. The smallest absolute Gasteiger partial charge is 0.340 e. The van der Waals surface area contributed by atoms with E-state index >= 15 is 0 Å². The van der Waals surface area contributed by atoms with E-state index in [1.807, 2.05) is 0 Å². The van der Waals surface area contributed by atoms with Crippen molar-refractivity contribution in [2.24, 2.45) is 0 Å². The SMILES string of the molecule is CCOC(=O)c1cc(OC)c(OC)cc1NC(=O)c1ccc(NC(=O)Nc2cc(OC)c(OC)c(OC)c2)cc1OC. The molecule has 3 amide bonds. The Morgan fingerprint density at radius 1 is 0.595 bits per heavy atom. The lowest BCUT2D eigenvalue weighted by molar-refractivity contribution is 0.0527. The molecule has 13 nitrogen and oxygen atoms in total. The zero-order chi connectivity index (χ0) is 30.8. The van der Waals surface area contributed by atoms with Crippen molar-refractivity contribution in [3.05, 3.63) is 53.6 Å². The van der Waals surface area contributed by atoms with Crippen LogP contribution in [0.3, 0.4) is 0 Å². The molecule has 0 aliphatic heterocycles. The summed E-state index contributed by atoms with van der Waals surface area (Å²) in [6, 6.07) is 9.92. The fourth-order valence-corrected chi connectivity index (χ4v) is 3.95. The van der Waals surface area contributed by atoms with Gasteiger partial charge in [-0.05, 0) is 19.1 Å². The molecule has 0 heterocycles. The van der Waals surface area contributed by atoms with Gasteiger partial charge in [-0.1, -0.05) is 0 Å². The summed E-state index contributed by atoms with van der Waals surface area (Å²) >= 11 is 0. The molecule has 3 N–H and O–H groups in total. The van der Waals surface area contributed by atoms with Crippen molar-refractivity contribution >= 4 is 35.0 Å². The minimum Gasteiger partial charge on any atom is -0.496 e. The van der Waals surface area contributed by atoms with Crippen molar-refractivity contribution in [3.63, 3.8) is 0 Å². The van der Waals surface area contributed by atoms with Gasteiger partial charge in [-0.15, -0.1) is 0 Å². The highest BCUT2D eigenvalue weighted by Crippen LogP contribution is 2.40. The maximum atomic E-state index is 13.3. The highest BCUT2D eigenvalue weighted by atomic mass is 16.5. The van der Waals surface area contributed by atoms with Crippen molar-refractivity contribution in [1.82, 2.24) is 0 Å². The molecular weight excluding hydrogens is 550 g/mol. The summed E-state index contributed by atoms with van der Waals surface area (Å²) in [4.78, 5) is 38.6. The number of amides is 3. The number of carbonyl (C=O) groups is 3. The summed E-state index contributed by atoms with van der Waals surface area (Å²) in [6.45, 7) is 1.80. The third-order valence-corrected chi connectivity index (χ3v) is 5.89. The second kappa shape index (κ2) is 14.3. The third kappa shape index (κ3) is 7.05. The topological polar surface area (TPSA) is 152 Å². The summed E-state index contributed by atoms with van der Waals surface area (Å²) in [7, 11) is 8.65. The minimum atomic E-state index is -0.654. The summed E-state index contributed by atoms with van der Waals surface area (Å²) in [6.07, 6.45) is 0. The molecule has 3 aromatic rings. The van der Waals surface area contributed by atoms with Crippen molar-refractivity contribution in [1.29, 1.82) is 0 Å². The fourth-order valence-electron chi connectivity index (χ4n) is 3.95. The number of anilines is 3. The Morgan fingerprint density at radius 2 is 1.14 bits per heavy atom. The number of rotatable bonds is 12. The van der Waals surface area contributed by atoms with Crippen LogP contribution in [0.4, 0.5) is 21.9 Å². The Kier molecular flexibility index (Phi) is 10.7. The number of ether oxygens (including phenoxy) is 7. The molecule has 0 atom stereocenters. The molecule has 0 saturated heterocycles. The monoisotopic (exact) mass is 583 g/mol. The Hall–Kier alpha value is -5.33. The highest BCUT2D eigenvalue weighted by Gasteiger charge is 2.22. The predicted molar refractivity (Wildman–Crippen MR) is 155 cm³/mol. The van der Waals surface area contributed by atoms with Gasteiger partial charge in [-0.2, -0.15) is 0 Å². The van der Waals surface area contributed by atoms with Crippen LogP contribution in [0.15, 0.2) is 42.5 Å². The first kappa shape index (κ1) is 31.2. The van der Waals surface area contributed by atoms with Crippen LogP contribution in [0.2, 0.25) is 0 Å². The standard InChI is InChI=1S/C29H33N3O10/c1-8-42-28(34)19-14-22(37-3)23(38-4)15-20(19)32-27(33)18-10-9-16(11-21(18)36-2)30-29(35)31-17-12-24(39-5)26(41-7)25(13-17)40-6/h9-15H,8H2,1-7H3,(H,32,33)(H2,30,31,35). The Bertz CT molecular complexity index is 1430. The molecular formula is C29H33N3O10. The first-order valence-electron chi connectivity index (χ1n) is 12.5. The lowest BCUT2D eigenvalue weighted by Crippen LogP contribution is -2.20. The number of hydrogen-bond acceptors (Lipinski definition) is 10. The number of carbonyl (C=O) groups excluding carboxylic acids is 3. The molecule has 3 aromatic carbocycles. The van der Waals surface area contributed by atoms with Crippen LogP contribution in [0, 0.1) is 0 Å². The van der Waals surface area contributed by atoms with Gasteiger partial charge in [0.25, 0.3) is 5.91 Å². The van der Waals surface area contributed by atoms with E-state index in [0.29, 0.717) is 34.4 Å². The van der Waals surface area contributed by atoms with Crippen molar-refractivity contribution in [2.75, 3.05) is 65.2 Å². The second-order valence-electron chi connectivity index (χ2n) is 8.34. The van der Waals surface area contributed by atoms with Gasteiger partial charge < -0.3 is 49.1 Å². The van der Waals surface area contributed by atoms with Gasteiger partial charge in [0.1, 0.15) is 5.75 Å². The fraction of sp³-hybridized carbons (Fsp3) is 0.276. The van der Waals surface area contributed by atoms with E-state index in [2.05, 4.69) is 16.0 Å².